The second-order valence-corrected chi connectivity index (χ2v) is 7.65. The molecule has 0 radical (unpaired) electrons. The van der Waals surface area contributed by atoms with Crippen LogP contribution in [0.2, 0.25) is 0 Å². The topological polar surface area (TPSA) is 55.5 Å². The zero-order chi connectivity index (χ0) is 16.5. The fraction of sp³-hybridized carbons (Fsp3) is 0.778. The summed E-state index contributed by atoms with van der Waals surface area (Å²) in [6.07, 6.45) is 5.60. The van der Waals surface area contributed by atoms with Gasteiger partial charge in [0.25, 0.3) is 0 Å². The minimum Gasteiger partial charge on any atom is -0.341 e. The van der Waals surface area contributed by atoms with E-state index in [0.29, 0.717) is 18.4 Å². The minimum absolute atomic E-state index is 0.297. The molecule has 0 unspecified atom stereocenters. The van der Waals surface area contributed by atoms with E-state index < -0.39 is 0 Å². The van der Waals surface area contributed by atoms with Crippen molar-refractivity contribution < 1.29 is 4.79 Å². The fourth-order valence-electron chi connectivity index (χ4n) is 4.00. The molecule has 6 nitrogen and oxygen atoms in total. The molecular weight excluding hydrogens is 302 g/mol. The number of aromatic amines is 1. The molecule has 0 bridgehead atoms. The number of amides is 1. The third-order valence-electron chi connectivity index (χ3n) is 5.74. The molecule has 0 spiro atoms. The van der Waals surface area contributed by atoms with Gasteiger partial charge in [-0.05, 0) is 51.4 Å². The van der Waals surface area contributed by atoms with Gasteiger partial charge in [0.05, 0.1) is 12.2 Å². The Labute approximate surface area is 144 Å². The van der Waals surface area contributed by atoms with Crippen molar-refractivity contribution in [2.24, 2.45) is 0 Å². The van der Waals surface area contributed by atoms with E-state index in [-0.39, 0.29) is 0 Å². The van der Waals surface area contributed by atoms with Crippen LogP contribution in [0.15, 0.2) is 0 Å². The first-order valence-electron chi connectivity index (χ1n) is 9.45. The lowest BCUT2D eigenvalue weighted by Crippen LogP contribution is -2.42. The van der Waals surface area contributed by atoms with Crippen LogP contribution in [0.4, 0.5) is 0 Å². The van der Waals surface area contributed by atoms with Crippen molar-refractivity contribution >= 4 is 5.91 Å². The smallest absolute Gasteiger partial charge is 0.236 e. The Hall–Kier alpha value is -1.40. The number of carbonyl (C=O) groups excluding carboxylic acids is 1. The zero-order valence-corrected chi connectivity index (χ0v) is 14.8. The molecule has 4 rings (SSSR count). The van der Waals surface area contributed by atoms with Crippen molar-refractivity contribution in [2.45, 2.75) is 38.0 Å². The molecule has 2 aliphatic heterocycles. The Kier molecular flexibility index (Phi) is 4.59. The number of aromatic nitrogens is 2. The van der Waals surface area contributed by atoms with Crippen LogP contribution in [0.1, 0.15) is 42.1 Å². The maximum atomic E-state index is 12.8. The number of nitrogens with zero attached hydrogens (tertiary/aromatic N) is 4. The third-order valence-corrected chi connectivity index (χ3v) is 5.74. The largest absolute Gasteiger partial charge is 0.341 e. The molecular formula is C18H29N5O. The van der Waals surface area contributed by atoms with Gasteiger partial charge in [-0.15, -0.1) is 0 Å². The van der Waals surface area contributed by atoms with E-state index in [1.165, 1.54) is 29.8 Å². The number of rotatable bonds is 3. The van der Waals surface area contributed by atoms with Gasteiger partial charge in [0, 0.05) is 44.2 Å². The second kappa shape index (κ2) is 6.84. The highest BCUT2D eigenvalue weighted by Crippen LogP contribution is 2.41. The monoisotopic (exact) mass is 331 g/mol. The first-order chi connectivity index (χ1) is 11.7. The lowest BCUT2D eigenvalue weighted by molar-refractivity contribution is -0.132. The minimum atomic E-state index is 0.297. The van der Waals surface area contributed by atoms with Gasteiger partial charge < -0.3 is 9.80 Å². The summed E-state index contributed by atoms with van der Waals surface area (Å²) in [5.74, 6) is 0.979. The van der Waals surface area contributed by atoms with Crippen LogP contribution in [0.5, 0.6) is 0 Å². The molecule has 1 aromatic rings. The van der Waals surface area contributed by atoms with Crippen LogP contribution >= 0.6 is 0 Å². The van der Waals surface area contributed by atoms with Crippen LogP contribution < -0.4 is 0 Å². The van der Waals surface area contributed by atoms with Crippen molar-refractivity contribution in [3.05, 3.63) is 17.0 Å². The molecule has 3 aliphatic rings. The summed E-state index contributed by atoms with van der Waals surface area (Å²) in [5, 5.41) is 7.78. The lowest BCUT2D eigenvalue weighted by Gasteiger charge is -2.25. The van der Waals surface area contributed by atoms with E-state index in [1.807, 2.05) is 0 Å². The van der Waals surface area contributed by atoms with E-state index in [4.69, 9.17) is 0 Å². The van der Waals surface area contributed by atoms with Crippen LogP contribution in [-0.2, 0) is 17.6 Å². The second-order valence-electron chi connectivity index (χ2n) is 7.65. The van der Waals surface area contributed by atoms with E-state index in [1.54, 1.807) is 0 Å². The van der Waals surface area contributed by atoms with Crippen molar-refractivity contribution in [1.29, 1.82) is 0 Å². The average molecular weight is 331 g/mol. The number of nitrogens with one attached hydrogen (secondary N) is 1. The summed E-state index contributed by atoms with van der Waals surface area (Å²) in [5.41, 5.74) is 3.96. The molecule has 1 saturated heterocycles. The molecule has 0 atom stereocenters. The lowest BCUT2D eigenvalue weighted by atomic mass is 10.1. The number of likely N-dealkylation sites (N-methyl/N-ethyl adjacent to an activating group) is 1. The molecule has 1 N–H and O–H groups in total. The highest BCUT2D eigenvalue weighted by Gasteiger charge is 2.31. The van der Waals surface area contributed by atoms with Crippen molar-refractivity contribution in [3.8, 4) is 0 Å². The van der Waals surface area contributed by atoms with Gasteiger partial charge in [-0.3, -0.25) is 14.8 Å². The summed E-state index contributed by atoms with van der Waals surface area (Å²) >= 11 is 0. The van der Waals surface area contributed by atoms with Gasteiger partial charge in [0.2, 0.25) is 5.91 Å². The maximum absolute atomic E-state index is 12.8. The molecule has 132 valence electrons. The summed E-state index contributed by atoms with van der Waals surface area (Å²) in [4.78, 5) is 19.5. The van der Waals surface area contributed by atoms with Gasteiger partial charge in [0.1, 0.15) is 0 Å². The Bertz CT molecular complexity index is 594. The molecule has 1 saturated carbocycles. The van der Waals surface area contributed by atoms with Crippen LogP contribution in [0.3, 0.4) is 0 Å². The summed E-state index contributed by atoms with van der Waals surface area (Å²) in [6.45, 7) is 6.50. The standard InChI is InChI=1S/C18H29N5O/c1-21-7-2-8-22(12-11-21)13-17(24)23-9-5-15-16(6-10-23)19-20-18(15)14-3-4-14/h14H,2-13H2,1H3,(H,19,20). The molecule has 1 amide bonds. The zero-order valence-electron chi connectivity index (χ0n) is 14.8. The van der Waals surface area contributed by atoms with Crippen molar-refractivity contribution in [2.75, 3.05) is 52.9 Å². The summed E-state index contributed by atoms with van der Waals surface area (Å²) in [7, 11) is 2.17. The average Bonchev–Trinajstić information content (AvgIpc) is 3.38. The van der Waals surface area contributed by atoms with Gasteiger partial charge in [-0.1, -0.05) is 0 Å². The number of fused-ring (bicyclic) bond motifs is 1. The number of H-pyrrole nitrogens is 1. The SMILES string of the molecule is CN1CCCN(CC(=O)N2CCc3[nH]nc(C4CC4)c3CC2)CC1. The van der Waals surface area contributed by atoms with Crippen LogP contribution in [0, 0.1) is 0 Å². The predicted octanol–water partition coefficient (Wildman–Crippen LogP) is 0.852. The van der Waals surface area contributed by atoms with Gasteiger partial charge in [0.15, 0.2) is 0 Å². The van der Waals surface area contributed by atoms with Crippen molar-refractivity contribution in [1.82, 2.24) is 24.9 Å². The maximum Gasteiger partial charge on any atom is 0.236 e. The number of carbonyl (C=O) groups is 1. The Morgan fingerprint density at radius 1 is 1.12 bits per heavy atom. The van der Waals surface area contributed by atoms with E-state index in [2.05, 4.69) is 31.9 Å². The normalized spacial score (nSPS) is 23.6. The first kappa shape index (κ1) is 16.1. The number of hydrogen-bond donors (Lipinski definition) is 1. The Balaban J connectivity index is 1.34. The Morgan fingerprint density at radius 2 is 1.96 bits per heavy atom. The Morgan fingerprint density at radius 3 is 2.79 bits per heavy atom. The third kappa shape index (κ3) is 3.49. The summed E-state index contributed by atoms with van der Waals surface area (Å²) in [6, 6.07) is 0. The molecule has 24 heavy (non-hydrogen) atoms. The molecule has 1 aromatic heterocycles. The van der Waals surface area contributed by atoms with Crippen LogP contribution in [0.25, 0.3) is 0 Å². The van der Waals surface area contributed by atoms with E-state index >= 15 is 0 Å². The van der Waals surface area contributed by atoms with Crippen LogP contribution in [-0.4, -0.2) is 83.7 Å². The molecule has 3 heterocycles. The fourth-order valence-corrected chi connectivity index (χ4v) is 4.00. The van der Waals surface area contributed by atoms with Gasteiger partial charge in [-0.2, -0.15) is 5.10 Å². The summed E-state index contributed by atoms with van der Waals surface area (Å²) < 4.78 is 0. The van der Waals surface area contributed by atoms with E-state index in [0.717, 1.165) is 58.5 Å². The quantitative estimate of drug-likeness (QED) is 0.892. The highest BCUT2D eigenvalue weighted by atomic mass is 16.2. The van der Waals surface area contributed by atoms with Crippen molar-refractivity contribution in [3.63, 3.8) is 0 Å². The molecule has 0 aromatic carbocycles. The molecule has 6 heteroatoms. The number of hydrogen-bond acceptors (Lipinski definition) is 4. The predicted molar refractivity (Wildman–Crippen MR) is 93.1 cm³/mol. The highest BCUT2D eigenvalue weighted by molar-refractivity contribution is 5.78. The van der Waals surface area contributed by atoms with Gasteiger partial charge >= 0.3 is 0 Å². The first-order valence-corrected chi connectivity index (χ1v) is 9.45. The molecule has 2 fully saturated rings. The molecule has 1 aliphatic carbocycles. The van der Waals surface area contributed by atoms with E-state index in [9.17, 15) is 4.79 Å². The van der Waals surface area contributed by atoms with Gasteiger partial charge in [-0.25, -0.2) is 0 Å².